The lowest BCUT2D eigenvalue weighted by Gasteiger charge is -2.26. The Morgan fingerprint density at radius 2 is 1.76 bits per heavy atom. The number of nitrogens with zero attached hydrogens (tertiary/aromatic N) is 1. The number of aliphatic hydroxyl groups is 1. The first-order valence-electron chi connectivity index (χ1n) is 8.08. The van der Waals surface area contributed by atoms with Gasteiger partial charge in [-0.05, 0) is 37.5 Å². The molecule has 2 amide bonds. The van der Waals surface area contributed by atoms with Crippen LogP contribution in [0.5, 0.6) is 5.75 Å². The molecular weight excluding hydrogens is 367 g/mol. The Hall–Kier alpha value is -1.50. The number of piperidine rings is 1. The molecule has 0 unspecified atom stereocenters. The number of aliphatic hydroxyl groups excluding tert-OH is 1. The molecule has 1 aromatic carbocycles. The minimum Gasteiger partial charge on any atom is -0.508 e. The molecule has 0 aromatic heterocycles. The second-order valence-corrected chi connectivity index (χ2v) is 6.04. The number of carbonyl (C=O) groups is 2. The van der Waals surface area contributed by atoms with Gasteiger partial charge in [-0.25, -0.2) is 0 Å². The third-order valence-electron chi connectivity index (χ3n) is 3.34. The van der Waals surface area contributed by atoms with Crippen molar-refractivity contribution in [3.05, 3.63) is 28.2 Å². The number of hydrogen-bond acceptors (Lipinski definition) is 4. The molecule has 1 aliphatic rings. The van der Waals surface area contributed by atoms with Crippen LogP contribution in [0, 0.1) is 0 Å². The van der Waals surface area contributed by atoms with E-state index in [0.717, 1.165) is 13.1 Å². The van der Waals surface area contributed by atoms with Crippen LogP contribution in [-0.2, 0) is 9.59 Å². The van der Waals surface area contributed by atoms with Gasteiger partial charge in [-0.15, -0.1) is 0 Å². The van der Waals surface area contributed by atoms with Crippen molar-refractivity contribution in [2.75, 3.05) is 26.7 Å². The zero-order valence-corrected chi connectivity index (χ0v) is 16.1. The minimum absolute atomic E-state index is 0.129. The summed E-state index contributed by atoms with van der Waals surface area (Å²) in [5.41, 5.74) is 0. The minimum atomic E-state index is -0.420. The summed E-state index contributed by atoms with van der Waals surface area (Å²) in [6, 6.07) is 4.41. The molecule has 0 atom stereocenters. The number of phenolic OH excluding ortho intramolecular Hbond substituents is 1. The molecule has 1 heterocycles. The maximum Gasteiger partial charge on any atom is 0.245 e. The Labute approximate surface area is 158 Å². The van der Waals surface area contributed by atoms with Crippen molar-refractivity contribution in [1.29, 1.82) is 0 Å². The second kappa shape index (κ2) is 13.8. The Balaban J connectivity index is 0.000000358. The number of halogens is 2. The quantitative estimate of drug-likeness (QED) is 0.721. The lowest BCUT2D eigenvalue weighted by molar-refractivity contribution is -0.131. The van der Waals surface area contributed by atoms with E-state index in [1.807, 2.05) is 11.8 Å². The summed E-state index contributed by atoms with van der Waals surface area (Å²) in [5.74, 6) is 0.0964. The number of nitrogens with one attached hydrogen (secondary N) is 1. The number of aromatic hydroxyl groups is 1. The highest BCUT2D eigenvalue weighted by atomic mass is 35.5. The average Bonchev–Trinajstić information content (AvgIpc) is 2.65. The molecule has 25 heavy (non-hydrogen) atoms. The number of amides is 2. The largest absolute Gasteiger partial charge is 0.508 e. The van der Waals surface area contributed by atoms with Gasteiger partial charge in [-0.2, -0.15) is 0 Å². The Kier molecular flexibility index (Phi) is 12.9. The average molecular weight is 393 g/mol. The van der Waals surface area contributed by atoms with Gasteiger partial charge in [-0.3, -0.25) is 9.59 Å². The zero-order valence-electron chi connectivity index (χ0n) is 14.6. The summed E-state index contributed by atoms with van der Waals surface area (Å²) >= 11 is 11.1. The second-order valence-electron chi connectivity index (χ2n) is 5.22. The molecule has 0 saturated carbocycles. The summed E-state index contributed by atoms with van der Waals surface area (Å²) in [6.45, 7) is 3.49. The summed E-state index contributed by atoms with van der Waals surface area (Å²) in [5, 5.41) is 19.8. The molecule has 8 heteroatoms. The van der Waals surface area contributed by atoms with Gasteiger partial charge in [0.05, 0.1) is 10.0 Å². The van der Waals surface area contributed by atoms with Crippen LogP contribution in [0.25, 0.3) is 0 Å². The van der Waals surface area contributed by atoms with Crippen LogP contribution in [0.3, 0.4) is 0 Å². The van der Waals surface area contributed by atoms with Crippen LogP contribution in [0.2, 0.25) is 10.0 Å². The Morgan fingerprint density at radius 3 is 2.12 bits per heavy atom. The van der Waals surface area contributed by atoms with Gasteiger partial charge < -0.3 is 20.4 Å². The Bertz CT molecular complexity index is 529. The zero-order chi connectivity index (χ0) is 19.2. The van der Waals surface area contributed by atoms with E-state index in [4.69, 9.17) is 33.4 Å². The molecule has 1 aliphatic heterocycles. The van der Waals surface area contributed by atoms with E-state index in [1.54, 1.807) is 6.07 Å². The van der Waals surface area contributed by atoms with Crippen LogP contribution in [0.1, 0.15) is 32.6 Å². The summed E-state index contributed by atoms with van der Waals surface area (Å²) < 4.78 is 0. The van der Waals surface area contributed by atoms with Crippen molar-refractivity contribution in [3.63, 3.8) is 0 Å². The normalized spacial score (nSPS) is 12.9. The number of phenols is 1. The number of likely N-dealkylation sites (N-methyl/N-ethyl adjacent to an activating group) is 1. The fourth-order valence-corrected chi connectivity index (χ4v) is 2.22. The number of likely N-dealkylation sites (tertiary alicyclic amines) is 1. The molecule has 0 bridgehead atoms. The van der Waals surface area contributed by atoms with Crippen molar-refractivity contribution >= 4 is 35.0 Å². The fourth-order valence-electron chi connectivity index (χ4n) is 1.93. The Morgan fingerprint density at radius 1 is 1.16 bits per heavy atom. The van der Waals surface area contributed by atoms with Gasteiger partial charge in [0, 0.05) is 26.6 Å². The fraction of sp³-hybridized carbons (Fsp3) is 0.529. The first-order valence-corrected chi connectivity index (χ1v) is 8.84. The van der Waals surface area contributed by atoms with Gasteiger partial charge in [0.1, 0.15) is 12.4 Å². The molecule has 1 fully saturated rings. The number of hydrogen-bond donors (Lipinski definition) is 3. The predicted molar refractivity (Wildman–Crippen MR) is 100 cm³/mol. The third kappa shape index (κ3) is 10.9. The monoisotopic (exact) mass is 392 g/mol. The van der Waals surface area contributed by atoms with Crippen LogP contribution >= 0.6 is 23.2 Å². The first kappa shape index (κ1) is 23.5. The van der Waals surface area contributed by atoms with E-state index in [2.05, 4.69) is 5.32 Å². The summed E-state index contributed by atoms with van der Waals surface area (Å²) in [7, 11) is 1.47. The van der Waals surface area contributed by atoms with E-state index in [1.165, 1.54) is 38.4 Å². The number of carbonyl (C=O) groups excluding carboxylic acids is 2. The third-order valence-corrected chi connectivity index (χ3v) is 4.08. The van der Waals surface area contributed by atoms with Gasteiger partial charge in [0.25, 0.3) is 0 Å². The standard InChI is InChI=1S/C8H15NO.C6H4Cl2O.C3H7NO2/c1-2-8(10)9-6-4-3-5-7-9;7-5-2-1-4(9)3-6(5)8;1-4-3(6)2-5/h2-7H2,1H3;1-3,9H;5H,2H2,1H3,(H,4,6). The highest BCUT2D eigenvalue weighted by Crippen LogP contribution is 2.25. The molecule has 1 saturated heterocycles. The highest BCUT2D eigenvalue weighted by Gasteiger charge is 2.13. The molecule has 1 aromatic rings. The van der Waals surface area contributed by atoms with Gasteiger partial charge in [-0.1, -0.05) is 30.1 Å². The van der Waals surface area contributed by atoms with E-state index >= 15 is 0 Å². The van der Waals surface area contributed by atoms with E-state index in [0.29, 0.717) is 22.4 Å². The molecule has 0 aliphatic carbocycles. The van der Waals surface area contributed by atoms with E-state index in [9.17, 15) is 9.59 Å². The van der Waals surface area contributed by atoms with Crippen molar-refractivity contribution in [1.82, 2.24) is 10.2 Å². The van der Waals surface area contributed by atoms with Crippen molar-refractivity contribution < 1.29 is 19.8 Å². The molecule has 142 valence electrons. The molecular formula is C17H26Cl2N2O4. The first-order chi connectivity index (χ1) is 11.8. The van der Waals surface area contributed by atoms with Crippen molar-refractivity contribution in [2.24, 2.45) is 0 Å². The molecule has 0 radical (unpaired) electrons. The van der Waals surface area contributed by atoms with Crippen molar-refractivity contribution in [3.8, 4) is 5.75 Å². The number of benzene rings is 1. The van der Waals surface area contributed by atoms with Gasteiger partial charge in [0.2, 0.25) is 11.8 Å². The maximum atomic E-state index is 11.1. The van der Waals surface area contributed by atoms with E-state index in [-0.39, 0.29) is 11.7 Å². The van der Waals surface area contributed by atoms with Crippen LogP contribution < -0.4 is 5.32 Å². The molecule has 6 nitrogen and oxygen atoms in total. The summed E-state index contributed by atoms with van der Waals surface area (Å²) in [4.78, 5) is 22.9. The van der Waals surface area contributed by atoms with Crippen LogP contribution in [-0.4, -0.2) is 53.7 Å². The SMILES string of the molecule is CCC(=O)N1CCCCC1.CNC(=O)CO.Oc1ccc(Cl)c(Cl)c1. The smallest absolute Gasteiger partial charge is 0.245 e. The lowest BCUT2D eigenvalue weighted by atomic mass is 10.1. The van der Waals surface area contributed by atoms with Crippen LogP contribution in [0.4, 0.5) is 0 Å². The predicted octanol–water partition coefficient (Wildman–Crippen LogP) is 2.83. The van der Waals surface area contributed by atoms with E-state index < -0.39 is 6.61 Å². The lowest BCUT2D eigenvalue weighted by Crippen LogP contribution is -2.34. The highest BCUT2D eigenvalue weighted by molar-refractivity contribution is 6.42. The summed E-state index contributed by atoms with van der Waals surface area (Å²) in [6.07, 6.45) is 4.37. The van der Waals surface area contributed by atoms with Crippen LogP contribution in [0.15, 0.2) is 18.2 Å². The molecule has 3 N–H and O–H groups in total. The topological polar surface area (TPSA) is 89.9 Å². The van der Waals surface area contributed by atoms with Crippen molar-refractivity contribution in [2.45, 2.75) is 32.6 Å². The van der Waals surface area contributed by atoms with Gasteiger partial charge in [0.15, 0.2) is 0 Å². The van der Waals surface area contributed by atoms with Gasteiger partial charge >= 0.3 is 0 Å². The molecule has 2 rings (SSSR count). The maximum absolute atomic E-state index is 11.1. The molecule has 0 spiro atoms. The number of rotatable bonds is 2.